The van der Waals surface area contributed by atoms with Gasteiger partial charge in [-0.05, 0) is 17.7 Å². The second kappa shape index (κ2) is 6.12. The minimum atomic E-state index is -4.20. The van der Waals surface area contributed by atoms with Gasteiger partial charge in [0, 0.05) is 17.9 Å². The molecule has 0 unspecified atom stereocenters. The zero-order valence-electron chi connectivity index (χ0n) is 10.1. The van der Waals surface area contributed by atoms with Crippen molar-refractivity contribution in [2.75, 3.05) is 23.3 Å². The van der Waals surface area contributed by atoms with Gasteiger partial charge >= 0.3 is 5.51 Å². The first-order valence-corrected chi connectivity index (χ1v) is 6.34. The molecule has 0 spiro atoms. The first-order chi connectivity index (χ1) is 8.31. The zero-order valence-corrected chi connectivity index (χ0v) is 10.9. The van der Waals surface area contributed by atoms with Crippen molar-refractivity contribution in [2.24, 2.45) is 0 Å². The lowest BCUT2D eigenvalue weighted by Crippen LogP contribution is -2.13. The molecule has 4 nitrogen and oxygen atoms in total. The van der Waals surface area contributed by atoms with E-state index in [1.54, 1.807) is 0 Å². The van der Waals surface area contributed by atoms with Gasteiger partial charge < -0.3 is 11.1 Å². The molecule has 1 aromatic heterocycles. The molecule has 0 aromatic carbocycles. The second-order valence-corrected chi connectivity index (χ2v) is 5.06. The molecule has 0 aliphatic heterocycles. The van der Waals surface area contributed by atoms with Crippen LogP contribution in [0, 0.1) is 0 Å². The molecule has 0 saturated heterocycles. The molecule has 0 aliphatic rings. The van der Waals surface area contributed by atoms with E-state index in [0.29, 0.717) is 11.6 Å². The summed E-state index contributed by atoms with van der Waals surface area (Å²) in [6, 6.07) is 0. The average Bonchev–Trinajstić information content (AvgIpc) is 2.22. The summed E-state index contributed by atoms with van der Waals surface area (Å²) in [6.07, 6.45) is 1.29. The van der Waals surface area contributed by atoms with Crippen LogP contribution in [0.25, 0.3) is 0 Å². The van der Waals surface area contributed by atoms with Crippen LogP contribution < -0.4 is 11.1 Å². The van der Waals surface area contributed by atoms with E-state index in [-0.39, 0.29) is 30.0 Å². The number of aromatic nitrogens is 2. The maximum Gasteiger partial charge on any atom is 0.441 e. The number of nitrogens with one attached hydrogen (secondary N) is 1. The molecule has 1 rings (SSSR count). The van der Waals surface area contributed by atoms with Gasteiger partial charge in [-0.1, -0.05) is 13.8 Å². The molecule has 18 heavy (non-hydrogen) atoms. The lowest BCUT2D eigenvalue weighted by Gasteiger charge is -2.14. The summed E-state index contributed by atoms with van der Waals surface area (Å²) in [4.78, 5) is 7.87. The molecule has 0 saturated carbocycles. The molecule has 0 fully saturated rings. The number of nitrogen functional groups attached to an aromatic ring is 1. The molecule has 8 heteroatoms. The van der Waals surface area contributed by atoms with E-state index in [9.17, 15) is 13.2 Å². The summed E-state index contributed by atoms with van der Waals surface area (Å²) in [7, 11) is 0. The Hall–Kier alpha value is -1.18. The molecule has 0 radical (unpaired) electrons. The molecule has 0 aliphatic carbocycles. The van der Waals surface area contributed by atoms with Gasteiger partial charge in [0.25, 0.3) is 0 Å². The van der Waals surface area contributed by atoms with E-state index in [2.05, 4.69) is 15.3 Å². The van der Waals surface area contributed by atoms with Crippen molar-refractivity contribution >= 4 is 23.4 Å². The number of nitrogens with two attached hydrogens (primary N) is 1. The van der Waals surface area contributed by atoms with Gasteiger partial charge in [-0.25, -0.2) is 9.97 Å². The van der Waals surface area contributed by atoms with E-state index in [0.717, 1.165) is 5.56 Å². The highest BCUT2D eigenvalue weighted by Gasteiger charge is 2.27. The van der Waals surface area contributed by atoms with Gasteiger partial charge in [0.05, 0.1) is 0 Å². The highest BCUT2D eigenvalue weighted by molar-refractivity contribution is 8.00. The molecule has 0 amide bonds. The quantitative estimate of drug-likeness (QED) is 0.812. The third kappa shape index (κ3) is 4.59. The molecule has 0 bridgehead atoms. The maximum atomic E-state index is 11.9. The number of hydrogen-bond donors (Lipinski definition) is 2. The Bertz CT molecular complexity index is 395. The van der Waals surface area contributed by atoms with Crippen LogP contribution in [-0.4, -0.2) is 27.8 Å². The lowest BCUT2D eigenvalue weighted by molar-refractivity contribution is -0.0327. The van der Waals surface area contributed by atoms with Crippen molar-refractivity contribution in [1.29, 1.82) is 0 Å². The monoisotopic (exact) mass is 280 g/mol. The first kappa shape index (κ1) is 14.9. The Balaban J connectivity index is 2.60. The number of alkyl halides is 3. The summed E-state index contributed by atoms with van der Waals surface area (Å²) in [5, 5.41) is 2.86. The minimum absolute atomic E-state index is 0.0659. The average molecular weight is 280 g/mol. The van der Waals surface area contributed by atoms with Crippen molar-refractivity contribution < 1.29 is 13.2 Å². The van der Waals surface area contributed by atoms with E-state index in [4.69, 9.17) is 5.73 Å². The second-order valence-electron chi connectivity index (χ2n) is 3.90. The minimum Gasteiger partial charge on any atom is -0.383 e. The number of anilines is 2. The molecule has 1 aromatic rings. The predicted molar refractivity (Wildman–Crippen MR) is 67.5 cm³/mol. The molecule has 0 atom stereocenters. The zero-order chi connectivity index (χ0) is 13.8. The molecule has 1 heterocycles. The highest BCUT2D eigenvalue weighted by atomic mass is 32.2. The Kier molecular flexibility index (Phi) is 5.06. The fourth-order valence-electron chi connectivity index (χ4n) is 1.46. The SMILES string of the molecule is CC(C)c1c(N)ncnc1NCCSC(F)(F)F. The largest absolute Gasteiger partial charge is 0.441 e. The third-order valence-corrected chi connectivity index (χ3v) is 2.89. The maximum absolute atomic E-state index is 11.9. The third-order valence-electron chi connectivity index (χ3n) is 2.15. The smallest absolute Gasteiger partial charge is 0.383 e. The van der Waals surface area contributed by atoms with E-state index in [1.165, 1.54) is 6.33 Å². The van der Waals surface area contributed by atoms with Crippen molar-refractivity contribution in [3.8, 4) is 0 Å². The number of rotatable bonds is 5. The van der Waals surface area contributed by atoms with Crippen LogP contribution in [0.15, 0.2) is 6.33 Å². The van der Waals surface area contributed by atoms with Crippen molar-refractivity contribution in [3.05, 3.63) is 11.9 Å². The van der Waals surface area contributed by atoms with Crippen LogP contribution in [-0.2, 0) is 0 Å². The first-order valence-electron chi connectivity index (χ1n) is 5.36. The van der Waals surface area contributed by atoms with Crippen molar-refractivity contribution in [2.45, 2.75) is 25.3 Å². The topological polar surface area (TPSA) is 63.8 Å². The number of hydrogen-bond acceptors (Lipinski definition) is 5. The van der Waals surface area contributed by atoms with E-state index < -0.39 is 5.51 Å². The summed E-state index contributed by atoms with van der Waals surface area (Å²) in [6.45, 7) is 4.01. The number of nitrogens with zero attached hydrogens (tertiary/aromatic N) is 2. The molecular formula is C10H15F3N4S. The highest BCUT2D eigenvalue weighted by Crippen LogP contribution is 2.30. The number of thioether (sulfide) groups is 1. The van der Waals surface area contributed by atoms with Gasteiger partial charge in [0.15, 0.2) is 0 Å². The fraction of sp³-hybridized carbons (Fsp3) is 0.600. The standard InChI is InChI=1S/C10H15F3N4S/c1-6(2)7-8(14)16-5-17-9(7)15-3-4-18-10(11,12)13/h5-6H,3-4H2,1-2H3,(H3,14,15,16,17). The summed E-state index contributed by atoms with van der Waals surface area (Å²) in [5.74, 6) is 0.875. The molecule has 102 valence electrons. The summed E-state index contributed by atoms with van der Waals surface area (Å²) < 4.78 is 35.8. The molecule has 3 N–H and O–H groups in total. The van der Waals surface area contributed by atoms with Crippen LogP contribution in [0.3, 0.4) is 0 Å². The predicted octanol–water partition coefficient (Wildman–Crippen LogP) is 2.85. The number of halogens is 3. The van der Waals surface area contributed by atoms with Crippen LogP contribution in [0.5, 0.6) is 0 Å². The normalized spacial score (nSPS) is 11.9. The van der Waals surface area contributed by atoms with Crippen LogP contribution in [0.4, 0.5) is 24.8 Å². The molecular weight excluding hydrogens is 265 g/mol. The Morgan fingerprint density at radius 3 is 2.61 bits per heavy atom. The van der Waals surface area contributed by atoms with E-state index in [1.807, 2.05) is 13.8 Å². The van der Waals surface area contributed by atoms with Crippen LogP contribution in [0.1, 0.15) is 25.3 Å². The van der Waals surface area contributed by atoms with Crippen LogP contribution >= 0.6 is 11.8 Å². The Morgan fingerprint density at radius 1 is 1.39 bits per heavy atom. The van der Waals surface area contributed by atoms with Crippen molar-refractivity contribution in [3.63, 3.8) is 0 Å². The van der Waals surface area contributed by atoms with Crippen molar-refractivity contribution in [1.82, 2.24) is 9.97 Å². The van der Waals surface area contributed by atoms with Gasteiger partial charge in [0.1, 0.15) is 18.0 Å². The summed E-state index contributed by atoms with van der Waals surface area (Å²) >= 11 is -0.0659. The Labute approximate surface area is 108 Å². The van der Waals surface area contributed by atoms with E-state index >= 15 is 0 Å². The van der Waals surface area contributed by atoms with Gasteiger partial charge in [-0.15, -0.1) is 0 Å². The van der Waals surface area contributed by atoms with Gasteiger partial charge in [-0.2, -0.15) is 13.2 Å². The fourth-order valence-corrected chi connectivity index (χ4v) is 1.89. The lowest BCUT2D eigenvalue weighted by atomic mass is 10.1. The Morgan fingerprint density at radius 2 is 2.06 bits per heavy atom. The van der Waals surface area contributed by atoms with Crippen LogP contribution in [0.2, 0.25) is 0 Å². The van der Waals surface area contributed by atoms with Gasteiger partial charge in [0.2, 0.25) is 0 Å². The van der Waals surface area contributed by atoms with Gasteiger partial charge in [-0.3, -0.25) is 0 Å². The summed E-state index contributed by atoms with van der Waals surface area (Å²) in [5.41, 5.74) is 2.25.